The third-order valence-electron chi connectivity index (χ3n) is 2.52. The maximum absolute atomic E-state index is 12.2. The van der Waals surface area contributed by atoms with Crippen molar-refractivity contribution in [3.05, 3.63) is 51.6 Å². The molecule has 1 amide bonds. The van der Waals surface area contributed by atoms with Crippen molar-refractivity contribution in [1.82, 2.24) is 4.98 Å². The molecule has 4 nitrogen and oxygen atoms in total. The summed E-state index contributed by atoms with van der Waals surface area (Å²) in [4.78, 5) is 16.3. The van der Waals surface area contributed by atoms with E-state index >= 15 is 0 Å². The molecule has 0 unspecified atom stereocenters. The Labute approximate surface area is 130 Å². The minimum absolute atomic E-state index is 0.226. The Bertz CT molecular complexity index is 616. The van der Waals surface area contributed by atoms with Crippen molar-refractivity contribution in [2.75, 3.05) is 17.2 Å². The first-order valence-electron chi connectivity index (χ1n) is 6.07. The van der Waals surface area contributed by atoms with Crippen LogP contribution in [0.2, 0.25) is 5.15 Å². The largest absolute Gasteiger partial charge is 0.370 e. The summed E-state index contributed by atoms with van der Waals surface area (Å²) in [6.07, 6.45) is 0. The second-order valence-corrected chi connectivity index (χ2v) is 5.36. The van der Waals surface area contributed by atoms with Crippen LogP contribution in [0, 0.1) is 0 Å². The summed E-state index contributed by atoms with van der Waals surface area (Å²) in [5, 5.41) is 6.12. The number of carbonyl (C=O) groups is 1. The van der Waals surface area contributed by atoms with Gasteiger partial charge >= 0.3 is 0 Å². The van der Waals surface area contributed by atoms with E-state index in [0.717, 1.165) is 10.2 Å². The molecule has 2 aromatic rings. The van der Waals surface area contributed by atoms with Gasteiger partial charge in [-0.15, -0.1) is 0 Å². The van der Waals surface area contributed by atoms with E-state index in [1.54, 1.807) is 6.07 Å². The van der Waals surface area contributed by atoms with E-state index in [2.05, 4.69) is 31.5 Å². The first kappa shape index (κ1) is 14.8. The Morgan fingerprint density at radius 1 is 1.30 bits per heavy atom. The summed E-state index contributed by atoms with van der Waals surface area (Å²) in [7, 11) is 0. The van der Waals surface area contributed by atoms with Gasteiger partial charge in [0.2, 0.25) is 0 Å². The molecule has 0 fully saturated rings. The van der Waals surface area contributed by atoms with E-state index in [-0.39, 0.29) is 11.1 Å². The zero-order valence-corrected chi connectivity index (χ0v) is 13.1. The summed E-state index contributed by atoms with van der Waals surface area (Å²) in [6, 6.07) is 10.6. The molecule has 0 bridgehead atoms. The smallest absolute Gasteiger partial charge is 0.255 e. The number of hydrogen-bond donors (Lipinski definition) is 2. The van der Waals surface area contributed by atoms with Gasteiger partial charge in [0.25, 0.3) is 5.91 Å². The van der Waals surface area contributed by atoms with Crippen molar-refractivity contribution in [2.45, 2.75) is 6.92 Å². The minimum Gasteiger partial charge on any atom is -0.370 e. The molecule has 0 aliphatic heterocycles. The molecule has 0 aliphatic rings. The predicted octanol–water partition coefficient (Wildman–Crippen LogP) is 4.18. The monoisotopic (exact) mass is 353 g/mol. The zero-order valence-electron chi connectivity index (χ0n) is 10.8. The molecule has 1 aromatic heterocycles. The van der Waals surface area contributed by atoms with Gasteiger partial charge in [-0.1, -0.05) is 27.5 Å². The standard InChI is InChI=1S/C14H13BrClN3O/c1-2-17-13-8-9(7-12(16)19-13)14(20)18-11-5-3-10(15)4-6-11/h3-8H,2H2,1H3,(H,17,19)(H,18,20). The zero-order chi connectivity index (χ0) is 14.5. The Balaban J connectivity index is 2.18. The number of amides is 1. The summed E-state index contributed by atoms with van der Waals surface area (Å²) < 4.78 is 0.955. The number of carbonyl (C=O) groups excluding carboxylic acids is 1. The van der Waals surface area contributed by atoms with Crippen LogP contribution in [0.15, 0.2) is 40.9 Å². The molecule has 20 heavy (non-hydrogen) atoms. The molecular formula is C14H13BrClN3O. The number of nitrogens with one attached hydrogen (secondary N) is 2. The van der Waals surface area contributed by atoms with Gasteiger partial charge < -0.3 is 10.6 Å². The molecular weight excluding hydrogens is 342 g/mol. The summed E-state index contributed by atoms with van der Waals surface area (Å²) in [5.41, 5.74) is 1.18. The Morgan fingerprint density at radius 2 is 2.00 bits per heavy atom. The van der Waals surface area contributed by atoms with Crippen LogP contribution >= 0.6 is 27.5 Å². The summed E-state index contributed by atoms with van der Waals surface area (Å²) in [6.45, 7) is 2.66. The van der Waals surface area contributed by atoms with Crippen molar-refractivity contribution in [2.24, 2.45) is 0 Å². The second-order valence-electron chi connectivity index (χ2n) is 4.06. The number of aromatic nitrogens is 1. The highest BCUT2D eigenvalue weighted by Crippen LogP contribution is 2.18. The lowest BCUT2D eigenvalue weighted by molar-refractivity contribution is 0.102. The van der Waals surface area contributed by atoms with E-state index in [1.807, 2.05) is 31.2 Å². The van der Waals surface area contributed by atoms with Gasteiger partial charge in [0.1, 0.15) is 11.0 Å². The molecule has 2 rings (SSSR count). The highest BCUT2D eigenvalue weighted by molar-refractivity contribution is 9.10. The molecule has 0 saturated heterocycles. The van der Waals surface area contributed by atoms with Crippen molar-refractivity contribution < 1.29 is 4.79 Å². The maximum atomic E-state index is 12.2. The molecule has 2 N–H and O–H groups in total. The highest BCUT2D eigenvalue weighted by Gasteiger charge is 2.09. The number of anilines is 2. The Hall–Kier alpha value is -1.59. The maximum Gasteiger partial charge on any atom is 0.255 e. The molecule has 1 heterocycles. The fraction of sp³-hybridized carbons (Fsp3) is 0.143. The Kier molecular flexibility index (Phi) is 4.98. The normalized spacial score (nSPS) is 10.2. The first-order valence-corrected chi connectivity index (χ1v) is 7.24. The van der Waals surface area contributed by atoms with Crippen LogP contribution in [0.3, 0.4) is 0 Å². The molecule has 0 spiro atoms. The van der Waals surface area contributed by atoms with Crippen LogP contribution < -0.4 is 10.6 Å². The molecule has 0 atom stereocenters. The van der Waals surface area contributed by atoms with Crippen molar-refractivity contribution >= 4 is 44.9 Å². The van der Waals surface area contributed by atoms with Gasteiger partial charge in [0.05, 0.1) is 0 Å². The lowest BCUT2D eigenvalue weighted by Crippen LogP contribution is -2.13. The van der Waals surface area contributed by atoms with Gasteiger partial charge in [0, 0.05) is 22.3 Å². The van der Waals surface area contributed by atoms with E-state index in [1.165, 1.54) is 6.07 Å². The van der Waals surface area contributed by atoms with E-state index in [9.17, 15) is 4.79 Å². The predicted molar refractivity (Wildman–Crippen MR) is 85.5 cm³/mol. The van der Waals surface area contributed by atoms with Crippen LogP contribution in [0.5, 0.6) is 0 Å². The number of rotatable bonds is 4. The lowest BCUT2D eigenvalue weighted by atomic mass is 10.2. The second kappa shape index (κ2) is 6.72. The minimum atomic E-state index is -0.226. The molecule has 6 heteroatoms. The van der Waals surface area contributed by atoms with E-state index < -0.39 is 0 Å². The molecule has 1 aromatic carbocycles. The van der Waals surface area contributed by atoms with E-state index in [4.69, 9.17) is 11.6 Å². The van der Waals surface area contributed by atoms with Crippen LogP contribution in [-0.4, -0.2) is 17.4 Å². The van der Waals surface area contributed by atoms with Crippen LogP contribution in [0.25, 0.3) is 0 Å². The van der Waals surface area contributed by atoms with Gasteiger partial charge in [-0.2, -0.15) is 0 Å². The van der Waals surface area contributed by atoms with Gasteiger partial charge in [-0.3, -0.25) is 4.79 Å². The van der Waals surface area contributed by atoms with Gasteiger partial charge in [-0.25, -0.2) is 4.98 Å². The third kappa shape index (κ3) is 3.95. The lowest BCUT2D eigenvalue weighted by Gasteiger charge is -2.08. The third-order valence-corrected chi connectivity index (χ3v) is 3.24. The fourth-order valence-corrected chi connectivity index (χ4v) is 2.11. The summed E-state index contributed by atoms with van der Waals surface area (Å²) >= 11 is 9.26. The van der Waals surface area contributed by atoms with E-state index in [0.29, 0.717) is 17.9 Å². The number of pyridine rings is 1. The van der Waals surface area contributed by atoms with Crippen LogP contribution in [0.4, 0.5) is 11.5 Å². The quantitative estimate of drug-likeness (QED) is 0.810. The van der Waals surface area contributed by atoms with Crippen molar-refractivity contribution in [3.63, 3.8) is 0 Å². The summed E-state index contributed by atoms with van der Waals surface area (Å²) in [5.74, 6) is 0.358. The van der Waals surface area contributed by atoms with Crippen molar-refractivity contribution in [1.29, 1.82) is 0 Å². The molecule has 104 valence electrons. The highest BCUT2D eigenvalue weighted by atomic mass is 79.9. The average Bonchev–Trinajstić information content (AvgIpc) is 2.41. The number of benzene rings is 1. The van der Waals surface area contributed by atoms with Crippen molar-refractivity contribution in [3.8, 4) is 0 Å². The topological polar surface area (TPSA) is 54.0 Å². The van der Waals surface area contributed by atoms with Gasteiger partial charge in [-0.05, 0) is 43.3 Å². The number of halogens is 2. The molecule has 0 aliphatic carbocycles. The SMILES string of the molecule is CCNc1cc(C(=O)Nc2ccc(Br)cc2)cc(Cl)n1. The number of hydrogen-bond acceptors (Lipinski definition) is 3. The van der Waals surface area contributed by atoms with Gasteiger partial charge in [0.15, 0.2) is 0 Å². The molecule has 0 radical (unpaired) electrons. The molecule has 0 saturated carbocycles. The van der Waals surface area contributed by atoms with Crippen LogP contribution in [-0.2, 0) is 0 Å². The average molecular weight is 355 g/mol. The first-order chi connectivity index (χ1) is 9.58. The fourth-order valence-electron chi connectivity index (χ4n) is 1.64. The number of nitrogens with zero attached hydrogens (tertiary/aromatic N) is 1. The van der Waals surface area contributed by atoms with Crippen LogP contribution in [0.1, 0.15) is 17.3 Å². The Morgan fingerprint density at radius 3 is 2.65 bits per heavy atom.